The van der Waals surface area contributed by atoms with E-state index < -0.39 is 9.84 Å². The third-order valence-electron chi connectivity index (χ3n) is 4.92. The van der Waals surface area contributed by atoms with Gasteiger partial charge in [-0.25, -0.2) is 8.42 Å². The summed E-state index contributed by atoms with van der Waals surface area (Å²) in [5.41, 5.74) is 1.63. The number of nitrogens with one attached hydrogen (secondary N) is 1. The summed E-state index contributed by atoms with van der Waals surface area (Å²) in [6, 6.07) is 13.9. The summed E-state index contributed by atoms with van der Waals surface area (Å²) in [4.78, 5) is 19.0. The number of rotatable bonds is 5. The zero-order valence-electron chi connectivity index (χ0n) is 15.8. The molecule has 0 saturated carbocycles. The van der Waals surface area contributed by atoms with Crippen LogP contribution in [0.25, 0.3) is 0 Å². The largest absolute Gasteiger partial charge is 0.341 e. The zero-order valence-corrected chi connectivity index (χ0v) is 18.9. The van der Waals surface area contributed by atoms with Gasteiger partial charge < -0.3 is 10.2 Å². The van der Waals surface area contributed by atoms with Crippen LogP contribution in [-0.2, 0) is 21.2 Å². The van der Waals surface area contributed by atoms with Gasteiger partial charge in [0.05, 0.1) is 29.3 Å². The maximum absolute atomic E-state index is 12.4. The zero-order chi connectivity index (χ0) is 21.3. The smallest absolute Gasteiger partial charge is 0.234 e. The van der Waals surface area contributed by atoms with Gasteiger partial charge in [-0.05, 0) is 35.9 Å². The molecule has 4 rings (SSSR count). The Morgan fingerprint density at radius 1 is 1.13 bits per heavy atom. The Hall–Kier alpha value is -1.74. The standard InChI is InChI=1S/C20H19Cl2N3O3S2/c21-14-6-4-13(5-7-14)9-25-18-12-30(27,28)11-17(18)24-20(25)29-10-19(26)23-16-3-1-2-15(22)8-16/h1-8,17-18H,9-12H2,(H,23,26)/t17-,18+/m0/s1. The molecule has 6 nitrogen and oxygen atoms in total. The second kappa shape index (κ2) is 8.78. The number of benzene rings is 2. The quantitative estimate of drug-likeness (QED) is 0.700. The van der Waals surface area contributed by atoms with Gasteiger partial charge in [0.15, 0.2) is 15.0 Å². The lowest BCUT2D eigenvalue weighted by Crippen LogP contribution is -2.38. The summed E-state index contributed by atoms with van der Waals surface area (Å²) in [6.45, 7) is 0.510. The molecule has 0 aromatic heterocycles. The van der Waals surface area contributed by atoms with Crippen LogP contribution in [0.15, 0.2) is 53.5 Å². The molecule has 0 bridgehead atoms. The van der Waals surface area contributed by atoms with Crippen LogP contribution in [0.3, 0.4) is 0 Å². The third-order valence-corrected chi connectivity index (χ3v) is 8.11. The summed E-state index contributed by atoms with van der Waals surface area (Å²) in [5, 5.41) is 4.69. The molecule has 0 spiro atoms. The van der Waals surface area contributed by atoms with E-state index in [4.69, 9.17) is 23.2 Å². The molecule has 2 atom stereocenters. The van der Waals surface area contributed by atoms with Crippen LogP contribution >= 0.6 is 35.0 Å². The summed E-state index contributed by atoms with van der Waals surface area (Å²) in [5.74, 6) is 0.108. The van der Waals surface area contributed by atoms with Crippen molar-refractivity contribution in [2.45, 2.75) is 18.6 Å². The monoisotopic (exact) mass is 483 g/mol. The molecular weight excluding hydrogens is 465 g/mol. The summed E-state index contributed by atoms with van der Waals surface area (Å²) < 4.78 is 24.2. The minimum Gasteiger partial charge on any atom is -0.341 e. The van der Waals surface area contributed by atoms with Crippen molar-refractivity contribution in [3.63, 3.8) is 0 Å². The first-order valence-electron chi connectivity index (χ1n) is 9.27. The molecule has 2 aliphatic heterocycles. The predicted octanol–water partition coefficient (Wildman–Crippen LogP) is 3.70. The topological polar surface area (TPSA) is 78.8 Å². The normalized spacial score (nSPS) is 21.9. The second-order valence-electron chi connectivity index (χ2n) is 7.22. The van der Waals surface area contributed by atoms with Crippen LogP contribution in [-0.4, -0.2) is 53.7 Å². The van der Waals surface area contributed by atoms with Crippen molar-refractivity contribution < 1.29 is 13.2 Å². The van der Waals surface area contributed by atoms with E-state index >= 15 is 0 Å². The highest BCUT2D eigenvalue weighted by atomic mass is 35.5. The average Bonchev–Trinajstić information content (AvgIpc) is 3.14. The molecule has 10 heteroatoms. The van der Waals surface area contributed by atoms with E-state index in [-0.39, 0.29) is 35.2 Å². The fourth-order valence-electron chi connectivity index (χ4n) is 3.57. The number of thioether (sulfide) groups is 1. The van der Waals surface area contributed by atoms with Crippen molar-refractivity contribution in [3.05, 3.63) is 64.1 Å². The molecule has 1 N–H and O–H groups in total. The van der Waals surface area contributed by atoms with Crippen molar-refractivity contribution in [2.24, 2.45) is 4.99 Å². The number of nitrogens with zero attached hydrogens (tertiary/aromatic N) is 2. The first kappa shape index (κ1) is 21.5. The lowest BCUT2D eigenvalue weighted by atomic mass is 10.1. The molecule has 158 valence electrons. The molecular formula is C20H19Cl2N3O3S2. The highest BCUT2D eigenvalue weighted by molar-refractivity contribution is 8.14. The van der Waals surface area contributed by atoms with E-state index in [0.717, 1.165) is 5.56 Å². The lowest BCUT2D eigenvalue weighted by molar-refractivity contribution is -0.113. The maximum atomic E-state index is 12.4. The Morgan fingerprint density at radius 3 is 2.63 bits per heavy atom. The highest BCUT2D eigenvalue weighted by Gasteiger charge is 2.46. The van der Waals surface area contributed by atoms with Gasteiger partial charge in [-0.2, -0.15) is 0 Å². The fraction of sp³-hybridized carbons (Fsp3) is 0.300. The van der Waals surface area contributed by atoms with Gasteiger partial charge >= 0.3 is 0 Å². The van der Waals surface area contributed by atoms with Gasteiger partial charge in [0, 0.05) is 22.3 Å². The SMILES string of the molecule is O=C(CSC1=N[C@H]2CS(=O)(=O)C[C@H]2N1Cc1ccc(Cl)cc1)Nc1cccc(Cl)c1. The number of amides is 1. The molecule has 2 aromatic carbocycles. The van der Waals surface area contributed by atoms with E-state index in [1.165, 1.54) is 11.8 Å². The Morgan fingerprint density at radius 2 is 1.90 bits per heavy atom. The lowest BCUT2D eigenvalue weighted by Gasteiger charge is -2.26. The van der Waals surface area contributed by atoms with Gasteiger partial charge in [0.2, 0.25) is 5.91 Å². The van der Waals surface area contributed by atoms with Crippen LogP contribution in [0.4, 0.5) is 5.69 Å². The molecule has 2 aliphatic rings. The van der Waals surface area contributed by atoms with E-state index in [1.807, 2.05) is 17.0 Å². The number of hydrogen-bond donors (Lipinski definition) is 1. The molecule has 1 fully saturated rings. The van der Waals surface area contributed by atoms with Crippen molar-refractivity contribution in [1.82, 2.24) is 4.90 Å². The minimum atomic E-state index is -3.11. The number of halogens is 2. The van der Waals surface area contributed by atoms with Gasteiger partial charge in [-0.1, -0.05) is 53.2 Å². The first-order valence-corrected chi connectivity index (χ1v) is 12.8. The van der Waals surface area contributed by atoms with Crippen molar-refractivity contribution in [1.29, 1.82) is 0 Å². The number of anilines is 1. The fourth-order valence-corrected chi connectivity index (χ4v) is 6.67. The van der Waals surface area contributed by atoms with Crippen molar-refractivity contribution >= 4 is 61.6 Å². The van der Waals surface area contributed by atoms with Gasteiger partial charge in [-0.3, -0.25) is 9.79 Å². The van der Waals surface area contributed by atoms with Crippen LogP contribution in [0.2, 0.25) is 10.0 Å². The van der Waals surface area contributed by atoms with Gasteiger partial charge in [0.25, 0.3) is 0 Å². The minimum absolute atomic E-state index is 0.0492. The molecule has 1 saturated heterocycles. The van der Waals surface area contributed by atoms with Crippen molar-refractivity contribution in [3.8, 4) is 0 Å². The molecule has 2 aromatic rings. The second-order valence-corrected chi connectivity index (χ2v) is 11.2. The predicted molar refractivity (Wildman–Crippen MR) is 123 cm³/mol. The number of carbonyl (C=O) groups is 1. The Labute approximate surface area is 189 Å². The average molecular weight is 484 g/mol. The van der Waals surface area contributed by atoms with Crippen LogP contribution in [0, 0.1) is 0 Å². The van der Waals surface area contributed by atoms with Crippen LogP contribution in [0.5, 0.6) is 0 Å². The Kier molecular flexibility index (Phi) is 6.29. The number of fused-ring (bicyclic) bond motifs is 1. The number of aliphatic imine (C=N–C) groups is 1. The summed E-state index contributed by atoms with van der Waals surface area (Å²) in [6.07, 6.45) is 0. The highest BCUT2D eigenvalue weighted by Crippen LogP contribution is 2.32. The van der Waals surface area contributed by atoms with Crippen LogP contribution in [0.1, 0.15) is 5.56 Å². The number of carbonyl (C=O) groups excluding carboxylic acids is 1. The number of amidine groups is 1. The summed E-state index contributed by atoms with van der Waals surface area (Å²) >= 11 is 13.2. The maximum Gasteiger partial charge on any atom is 0.234 e. The molecule has 1 amide bonds. The Balaban J connectivity index is 1.45. The van der Waals surface area contributed by atoms with E-state index in [9.17, 15) is 13.2 Å². The first-order chi connectivity index (χ1) is 14.3. The molecule has 0 unspecified atom stereocenters. The number of sulfone groups is 1. The van der Waals surface area contributed by atoms with Gasteiger partial charge in [-0.15, -0.1) is 0 Å². The number of hydrogen-bond acceptors (Lipinski definition) is 6. The Bertz CT molecular complexity index is 1090. The molecule has 30 heavy (non-hydrogen) atoms. The molecule has 2 heterocycles. The van der Waals surface area contributed by atoms with Gasteiger partial charge in [0.1, 0.15) is 0 Å². The van der Waals surface area contributed by atoms with Crippen molar-refractivity contribution in [2.75, 3.05) is 22.6 Å². The van der Waals surface area contributed by atoms with E-state index in [1.54, 1.807) is 36.4 Å². The summed E-state index contributed by atoms with van der Waals surface area (Å²) in [7, 11) is -3.11. The molecule has 0 radical (unpaired) electrons. The molecule has 0 aliphatic carbocycles. The van der Waals surface area contributed by atoms with Crippen LogP contribution < -0.4 is 5.32 Å². The third kappa shape index (κ3) is 5.11. The van der Waals surface area contributed by atoms with E-state index in [2.05, 4.69) is 10.3 Å². The van der Waals surface area contributed by atoms with E-state index in [0.29, 0.717) is 27.4 Å².